The van der Waals surface area contributed by atoms with Crippen LogP contribution in [-0.2, 0) is 4.79 Å². The maximum absolute atomic E-state index is 10.8. The molecule has 1 rings (SSSR count). The highest BCUT2D eigenvalue weighted by atomic mass is 16.1. The summed E-state index contributed by atoms with van der Waals surface area (Å²) >= 11 is 0. The lowest BCUT2D eigenvalue weighted by atomic mass is 10.3. The SMILES string of the molecule is C=CC(=O)CCN1CCCC1. The van der Waals surface area contributed by atoms with Crippen LogP contribution in [-0.4, -0.2) is 30.3 Å². The molecule has 0 aromatic carbocycles. The van der Waals surface area contributed by atoms with Crippen LogP contribution in [0.1, 0.15) is 19.3 Å². The molecule has 2 nitrogen and oxygen atoms in total. The Kier molecular flexibility index (Phi) is 3.30. The van der Waals surface area contributed by atoms with Crippen molar-refractivity contribution in [3.8, 4) is 0 Å². The van der Waals surface area contributed by atoms with E-state index in [1.54, 1.807) is 0 Å². The monoisotopic (exact) mass is 153 g/mol. The van der Waals surface area contributed by atoms with Crippen LogP contribution in [0.15, 0.2) is 12.7 Å². The molecular formula is C9H15NO. The first-order chi connectivity index (χ1) is 5.33. The van der Waals surface area contributed by atoms with Crippen molar-refractivity contribution in [1.82, 2.24) is 4.90 Å². The highest BCUT2D eigenvalue weighted by Crippen LogP contribution is 2.07. The van der Waals surface area contributed by atoms with Gasteiger partial charge in [-0.1, -0.05) is 6.58 Å². The van der Waals surface area contributed by atoms with Gasteiger partial charge in [-0.2, -0.15) is 0 Å². The number of likely N-dealkylation sites (tertiary alicyclic amines) is 1. The largest absolute Gasteiger partial charge is 0.303 e. The molecule has 0 spiro atoms. The van der Waals surface area contributed by atoms with E-state index in [0.717, 1.165) is 6.54 Å². The molecule has 0 aromatic heterocycles. The van der Waals surface area contributed by atoms with Crippen molar-refractivity contribution in [3.63, 3.8) is 0 Å². The molecule has 0 unspecified atom stereocenters. The predicted octanol–water partition coefficient (Wildman–Crippen LogP) is 1.23. The van der Waals surface area contributed by atoms with Crippen molar-refractivity contribution in [2.75, 3.05) is 19.6 Å². The molecular weight excluding hydrogens is 138 g/mol. The first-order valence-corrected chi connectivity index (χ1v) is 4.20. The maximum atomic E-state index is 10.8. The zero-order valence-electron chi connectivity index (χ0n) is 6.88. The number of hydrogen-bond donors (Lipinski definition) is 0. The first kappa shape index (κ1) is 8.47. The number of ketones is 1. The standard InChI is InChI=1S/C9H15NO/c1-2-9(11)5-8-10-6-3-4-7-10/h2H,1,3-8H2. The number of nitrogens with zero attached hydrogens (tertiary/aromatic N) is 1. The van der Waals surface area contributed by atoms with E-state index in [1.165, 1.54) is 32.0 Å². The predicted molar refractivity (Wildman–Crippen MR) is 45.5 cm³/mol. The van der Waals surface area contributed by atoms with Crippen LogP contribution in [0.5, 0.6) is 0 Å². The lowest BCUT2D eigenvalue weighted by Gasteiger charge is -2.12. The second kappa shape index (κ2) is 4.29. The van der Waals surface area contributed by atoms with Crippen LogP contribution < -0.4 is 0 Å². The average Bonchev–Trinajstić information content (AvgIpc) is 2.52. The molecule has 1 saturated heterocycles. The molecule has 0 bridgehead atoms. The van der Waals surface area contributed by atoms with Crippen LogP contribution in [0.25, 0.3) is 0 Å². The number of carbonyl (C=O) groups is 1. The van der Waals surface area contributed by atoms with Gasteiger partial charge >= 0.3 is 0 Å². The lowest BCUT2D eigenvalue weighted by Crippen LogP contribution is -2.22. The molecule has 0 saturated carbocycles. The zero-order valence-corrected chi connectivity index (χ0v) is 6.88. The van der Waals surface area contributed by atoms with Crippen molar-refractivity contribution in [2.24, 2.45) is 0 Å². The van der Waals surface area contributed by atoms with E-state index in [9.17, 15) is 4.79 Å². The fourth-order valence-corrected chi connectivity index (χ4v) is 1.38. The fourth-order valence-electron chi connectivity index (χ4n) is 1.38. The topological polar surface area (TPSA) is 20.3 Å². The molecule has 1 aliphatic rings. The van der Waals surface area contributed by atoms with Gasteiger partial charge in [0, 0.05) is 13.0 Å². The minimum Gasteiger partial charge on any atom is -0.303 e. The molecule has 1 fully saturated rings. The van der Waals surface area contributed by atoms with Gasteiger partial charge in [-0.3, -0.25) is 4.79 Å². The van der Waals surface area contributed by atoms with Crippen LogP contribution in [0.4, 0.5) is 0 Å². The zero-order chi connectivity index (χ0) is 8.10. The van der Waals surface area contributed by atoms with E-state index >= 15 is 0 Å². The van der Waals surface area contributed by atoms with Crippen LogP contribution in [0, 0.1) is 0 Å². The van der Waals surface area contributed by atoms with Gasteiger partial charge in [0.15, 0.2) is 5.78 Å². The Bertz CT molecular complexity index is 148. The molecule has 2 heteroatoms. The summed E-state index contributed by atoms with van der Waals surface area (Å²) in [6, 6.07) is 0. The lowest BCUT2D eigenvalue weighted by molar-refractivity contribution is -0.114. The van der Waals surface area contributed by atoms with E-state index < -0.39 is 0 Å². The Hall–Kier alpha value is -0.630. The summed E-state index contributed by atoms with van der Waals surface area (Å²) < 4.78 is 0. The van der Waals surface area contributed by atoms with Gasteiger partial charge in [0.05, 0.1) is 0 Å². The molecule has 0 aromatic rings. The third kappa shape index (κ3) is 2.85. The van der Waals surface area contributed by atoms with Crippen molar-refractivity contribution in [1.29, 1.82) is 0 Å². The van der Waals surface area contributed by atoms with Gasteiger partial charge < -0.3 is 4.90 Å². The number of allylic oxidation sites excluding steroid dienone is 1. The third-order valence-corrected chi connectivity index (χ3v) is 2.10. The minimum atomic E-state index is 0.164. The maximum Gasteiger partial charge on any atom is 0.156 e. The molecule has 0 amide bonds. The molecule has 1 aliphatic heterocycles. The summed E-state index contributed by atoms with van der Waals surface area (Å²) in [6.07, 6.45) is 4.64. The Morgan fingerprint density at radius 1 is 1.45 bits per heavy atom. The molecule has 11 heavy (non-hydrogen) atoms. The Balaban J connectivity index is 2.10. The molecule has 0 atom stereocenters. The normalized spacial score (nSPS) is 18.5. The Morgan fingerprint density at radius 3 is 2.64 bits per heavy atom. The summed E-state index contributed by atoms with van der Waals surface area (Å²) in [5, 5.41) is 0. The second-order valence-corrected chi connectivity index (χ2v) is 2.97. The minimum absolute atomic E-state index is 0.164. The number of hydrogen-bond acceptors (Lipinski definition) is 2. The summed E-state index contributed by atoms with van der Waals surface area (Å²) in [7, 11) is 0. The van der Waals surface area contributed by atoms with E-state index in [1.807, 2.05) is 0 Å². The van der Waals surface area contributed by atoms with Crippen LogP contribution in [0.2, 0.25) is 0 Å². The summed E-state index contributed by atoms with van der Waals surface area (Å²) in [4.78, 5) is 13.2. The number of carbonyl (C=O) groups excluding carboxylic acids is 1. The van der Waals surface area contributed by atoms with E-state index in [2.05, 4.69) is 11.5 Å². The quantitative estimate of drug-likeness (QED) is 0.566. The van der Waals surface area contributed by atoms with Gasteiger partial charge in [0.1, 0.15) is 0 Å². The Labute approximate surface area is 67.9 Å². The van der Waals surface area contributed by atoms with Crippen LogP contribution in [0.3, 0.4) is 0 Å². The van der Waals surface area contributed by atoms with Crippen molar-refractivity contribution in [2.45, 2.75) is 19.3 Å². The molecule has 0 N–H and O–H groups in total. The van der Waals surface area contributed by atoms with Crippen molar-refractivity contribution < 1.29 is 4.79 Å². The summed E-state index contributed by atoms with van der Waals surface area (Å²) in [5.74, 6) is 0.164. The van der Waals surface area contributed by atoms with E-state index in [0.29, 0.717) is 6.42 Å². The van der Waals surface area contributed by atoms with Gasteiger partial charge in [-0.15, -0.1) is 0 Å². The molecule has 1 heterocycles. The Morgan fingerprint density at radius 2 is 2.09 bits per heavy atom. The van der Waals surface area contributed by atoms with Gasteiger partial charge in [-0.05, 0) is 32.0 Å². The van der Waals surface area contributed by atoms with Gasteiger partial charge in [0.25, 0.3) is 0 Å². The number of rotatable bonds is 4. The van der Waals surface area contributed by atoms with E-state index in [4.69, 9.17) is 0 Å². The summed E-state index contributed by atoms with van der Waals surface area (Å²) in [5.41, 5.74) is 0. The summed E-state index contributed by atoms with van der Waals surface area (Å²) in [6.45, 7) is 6.70. The van der Waals surface area contributed by atoms with Crippen LogP contribution >= 0.6 is 0 Å². The smallest absolute Gasteiger partial charge is 0.156 e. The fraction of sp³-hybridized carbons (Fsp3) is 0.667. The molecule has 0 radical (unpaired) electrons. The molecule has 62 valence electrons. The van der Waals surface area contributed by atoms with Gasteiger partial charge in [-0.25, -0.2) is 0 Å². The first-order valence-electron chi connectivity index (χ1n) is 4.20. The van der Waals surface area contributed by atoms with Gasteiger partial charge in [0.2, 0.25) is 0 Å². The highest BCUT2D eigenvalue weighted by Gasteiger charge is 2.11. The highest BCUT2D eigenvalue weighted by molar-refractivity contribution is 5.89. The van der Waals surface area contributed by atoms with Crippen molar-refractivity contribution >= 4 is 5.78 Å². The molecule has 0 aliphatic carbocycles. The third-order valence-electron chi connectivity index (χ3n) is 2.10. The second-order valence-electron chi connectivity index (χ2n) is 2.97. The van der Waals surface area contributed by atoms with E-state index in [-0.39, 0.29) is 5.78 Å². The van der Waals surface area contributed by atoms with Crippen molar-refractivity contribution in [3.05, 3.63) is 12.7 Å². The average molecular weight is 153 g/mol.